The van der Waals surface area contributed by atoms with E-state index < -0.39 is 10.8 Å². The third-order valence-electron chi connectivity index (χ3n) is 4.48. The second kappa shape index (κ2) is 7.20. The Morgan fingerprint density at radius 2 is 2.23 bits per heavy atom. The minimum atomic E-state index is -0.705. The van der Waals surface area contributed by atoms with Crippen molar-refractivity contribution in [2.24, 2.45) is 0 Å². The topological polar surface area (TPSA) is 42.0 Å². The molecule has 2 aromatic rings. The lowest BCUT2D eigenvalue weighted by Gasteiger charge is -2.28. The number of hydrogen-bond acceptors (Lipinski definition) is 3. The van der Waals surface area contributed by atoms with Gasteiger partial charge in [-0.25, -0.2) is 0 Å². The number of hydrogen-bond donors (Lipinski definition) is 1. The van der Waals surface area contributed by atoms with E-state index in [-0.39, 0.29) is 0 Å². The summed E-state index contributed by atoms with van der Waals surface area (Å²) in [4.78, 5) is 4.53. The van der Waals surface area contributed by atoms with Gasteiger partial charge >= 0.3 is 0 Å². The van der Waals surface area contributed by atoms with Crippen LogP contribution in [0.5, 0.6) is 0 Å². The van der Waals surface area contributed by atoms with Gasteiger partial charge in [0, 0.05) is 50.9 Å². The highest BCUT2D eigenvalue weighted by Gasteiger charge is 2.24. The van der Waals surface area contributed by atoms with Crippen molar-refractivity contribution < 1.29 is 4.21 Å². The van der Waals surface area contributed by atoms with Gasteiger partial charge in [-0.15, -0.1) is 0 Å². The Balaban J connectivity index is 1.72. The number of nitrogens with one attached hydrogen (secondary N) is 1. The summed E-state index contributed by atoms with van der Waals surface area (Å²) in [5.41, 5.74) is 2.27. The van der Waals surface area contributed by atoms with E-state index >= 15 is 0 Å². The van der Waals surface area contributed by atoms with Crippen molar-refractivity contribution >= 4 is 37.6 Å². The van der Waals surface area contributed by atoms with E-state index in [0.29, 0.717) is 11.3 Å². The van der Waals surface area contributed by atoms with Crippen LogP contribution in [0.2, 0.25) is 0 Å². The molecule has 3 unspecified atom stereocenters. The van der Waals surface area contributed by atoms with E-state index in [1.54, 1.807) is 0 Å². The molecule has 1 heterocycles. The first-order chi connectivity index (χ1) is 10.6. The van der Waals surface area contributed by atoms with E-state index in [9.17, 15) is 4.21 Å². The SMILES string of the molecule is CS(=O)C1CCCC(NCc2ccc(Br)c3cccnc23)C1. The fraction of sp³-hybridized carbons (Fsp3) is 0.471. The third kappa shape index (κ3) is 3.58. The molecule has 0 aliphatic heterocycles. The van der Waals surface area contributed by atoms with Crippen LogP contribution < -0.4 is 5.32 Å². The minimum Gasteiger partial charge on any atom is -0.310 e. The zero-order valence-corrected chi connectivity index (χ0v) is 15.1. The lowest BCUT2D eigenvalue weighted by molar-refractivity contribution is 0.376. The van der Waals surface area contributed by atoms with Crippen molar-refractivity contribution in [3.63, 3.8) is 0 Å². The molecule has 118 valence electrons. The smallest absolute Gasteiger partial charge is 0.0758 e. The van der Waals surface area contributed by atoms with Gasteiger partial charge in [0.05, 0.1) is 5.52 Å². The average Bonchev–Trinajstić information content (AvgIpc) is 2.55. The summed E-state index contributed by atoms with van der Waals surface area (Å²) in [6, 6.07) is 8.74. The lowest BCUT2D eigenvalue weighted by atomic mass is 9.94. The molecular formula is C17H21BrN2OS. The molecule has 1 aliphatic rings. The number of benzene rings is 1. The molecule has 0 bridgehead atoms. The zero-order chi connectivity index (χ0) is 15.5. The first-order valence-electron chi connectivity index (χ1n) is 7.73. The largest absolute Gasteiger partial charge is 0.310 e. The standard InChI is InChI=1S/C17H21BrN2OS/c1-22(21)14-5-2-4-13(10-14)20-11-12-7-8-16(18)15-6-3-9-19-17(12)15/h3,6-9,13-14,20H,2,4-5,10-11H2,1H3. The molecule has 1 aliphatic carbocycles. The molecule has 22 heavy (non-hydrogen) atoms. The summed E-state index contributed by atoms with van der Waals surface area (Å²) in [5, 5.41) is 5.15. The average molecular weight is 381 g/mol. The predicted octanol–water partition coefficient (Wildman–Crippen LogP) is 3.78. The van der Waals surface area contributed by atoms with Crippen molar-refractivity contribution in [1.29, 1.82) is 0 Å². The molecular weight excluding hydrogens is 360 g/mol. The van der Waals surface area contributed by atoms with Gasteiger partial charge in [-0.05, 0) is 37.0 Å². The van der Waals surface area contributed by atoms with Crippen LogP contribution in [0.15, 0.2) is 34.9 Å². The van der Waals surface area contributed by atoms with Crippen molar-refractivity contribution in [3.05, 3.63) is 40.5 Å². The molecule has 1 aromatic heterocycles. The summed E-state index contributed by atoms with van der Waals surface area (Å²) < 4.78 is 12.8. The maximum absolute atomic E-state index is 11.7. The van der Waals surface area contributed by atoms with E-state index in [0.717, 1.165) is 34.8 Å². The normalized spacial score (nSPS) is 23.5. The van der Waals surface area contributed by atoms with Gasteiger partial charge in [0.1, 0.15) is 0 Å². The molecule has 1 fully saturated rings. The van der Waals surface area contributed by atoms with Gasteiger partial charge in [-0.2, -0.15) is 0 Å². The second-order valence-corrected chi connectivity index (χ2v) is 8.49. The fourth-order valence-corrected chi connectivity index (χ4v) is 4.68. The Kier molecular flexibility index (Phi) is 5.26. The Hall–Kier alpha value is -0.780. The van der Waals surface area contributed by atoms with Crippen LogP contribution in [-0.4, -0.2) is 26.7 Å². The van der Waals surface area contributed by atoms with Crippen LogP contribution in [0.4, 0.5) is 0 Å². The van der Waals surface area contributed by atoms with Crippen LogP contribution in [0.25, 0.3) is 10.9 Å². The molecule has 1 N–H and O–H groups in total. The molecule has 0 saturated heterocycles. The van der Waals surface area contributed by atoms with Crippen LogP contribution in [0.3, 0.4) is 0 Å². The molecule has 0 amide bonds. The highest BCUT2D eigenvalue weighted by atomic mass is 79.9. The number of nitrogens with zero attached hydrogens (tertiary/aromatic N) is 1. The number of halogens is 1. The molecule has 3 rings (SSSR count). The quantitative estimate of drug-likeness (QED) is 0.877. The number of fused-ring (bicyclic) bond motifs is 1. The van der Waals surface area contributed by atoms with Crippen LogP contribution in [-0.2, 0) is 17.3 Å². The Bertz CT molecular complexity index is 691. The lowest BCUT2D eigenvalue weighted by Crippen LogP contribution is -2.37. The van der Waals surface area contributed by atoms with Gasteiger partial charge in [0.15, 0.2) is 0 Å². The Morgan fingerprint density at radius 1 is 1.36 bits per heavy atom. The summed E-state index contributed by atoms with van der Waals surface area (Å²) in [7, 11) is -0.705. The van der Waals surface area contributed by atoms with E-state index in [1.165, 1.54) is 18.4 Å². The van der Waals surface area contributed by atoms with Crippen molar-refractivity contribution in [2.45, 2.75) is 43.5 Å². The first-order valence-corrected chi connectivity index (χ1v) is 10.1. The second-order valence-electron chi connectivity index (χ2n) is 5.97. The van der Waals surface area contributed by atoms with Gasteiger partial charge in [0.25, 0.3) is 0 Å². The number of pyridine rings is 1. The van der Waals surface area contributed by atoms with Gasteiger partial charge in [-0.1, -0.05) is 34.5 Å². The van der Waals surface area contributed by atoms with Crippen molar-refractivity contribution in [2.75, 3.05) is 6.26 Å². The first kappa shape index (κ1) is 16.1. The molecule has 3 nitrogen and oxygen atoms in total. The molecule has 3 atom stereocenters. The van der Waals surface area contributed by atoms with Gasteiger partial charge < -0.3 is 5.32 Å². The van der Waals surface area contributed by atoms with Crippen LogP contribution in [0, 0.1) is 0 Å². The van der Waals surface area contributed by atoms with E-state index in [1.807, 2.05) is 18.5 Å². The maximum atomic E-state index is 11.7. The van der Waals surface area contributed by atoms with E-state index in [2.05, 4.69) is 44.4 Å². The minimum absolute atomic E-state index is 0.353. The third-order valence-corrected chi connectivity index (χ3v) is 6.54. The summed E-state index contributed by atoms with van der Waals surface area (Å²) in [6.45, 7) is 0.814. The van der Waals surface area contributed by atoms with Crippen LogP contribution in [0.1, 0.15) is 31.2 Å². The van der Waals surface area contributed by atoms with Crippen molar-refractivity contribution in [1.82, 2.24) is 10.3 Å². The van der Waals surface area contributed by atoms with E-state index in [4.69, 9.17) is 0 Å². The summed E-state index contributed by atoms with van der Waals surface area (Å²) >= 11 is 3.59. The molecule has 1 saturated carbocycles. The molecule has 0 radical (unpaired) electrons. The monoisotopic (exact) mass is 380 g/mol. The number of rotatable bonds is 4. The molecule has 0 spiro atoms. The molecule has 5 heteroatoms. The Labute approximate surface area is 142 Å². The Morgan fingerprint density at radius 3 is 3.05 bits per heavy atom. The molecule has 1 aromatic carbocycles. The summed E-state index contributed by atoms with van der Waals surface area (Å²) in [6.07, 6.45) is 8.14. The van der Waals surface area contributed by atoms with Crippen LogP contribution >= 0.6 is 15.9 Å². The predicted molar refractivity (Wildman–Crippen MR) is 96.4 cm³/mol. The fourth-order valence-electron chi connectivity index (χ4n) is 3.23. The summed E-state index contributed by atoms with van der Waals surface area (Å²) in [5.74, 6) is 0. The van der Waals surface area contributed by atoms with Gasteiger partial charge in [0.2, 0.25) is 0 Å². The number of aromatic nitrogens is 1. The maximum Gasteiger partial charge on any atom is 0.0758 e. The highest BCUT2D eigenvalue weighted by Crippen LogP contribution is 2.26. The van der Waals surface area contributed by atoms with Crippen molar-refractivity contribution in [3.8, 4) is 0 Å². The zero-order valence-electron chi connectivity index (χ0n) is 12.7. The van der Waals surface area contributed by atoms with Gasteiger partial charge in [-0.3, -0.25) is 9.19 Å². The highest BCUT2D eigenvalue weighted by molar-refractivity contribution is 9.10.